The van der Waals surface area contributed by atoms with Gasteiger partial charge in [0.1, 0.15) is 17.1 Å². The number of halogens is 2. The van der Waals surface area contributed by atoms with Crippen LogP contribution in [0.5, 0.6) is 5.88 Å². The second kappa shape index (κ2) is 5.37. The number of nitrogen functional groups attached to an aromatic ring is 1. The highest BCUT2D eigenvalue weighted by Gasteiger charge is 2.14. The first-order chi connectivity index (χ1) is 6.79. The smallest absolute Gasteiger partial charge is 0.214 e. The molecule has 0 spiro atoms. The Morgan fingerprint density at radius 1 is 1.44 bits per heavy atom. The Balaban J connectivity index is 0.00000225. The molecule has 90 valence electrons. The number of ether oxygens (including phenoxy) is 1. The van der Waals surface area contributed by atoms with Crippen LogP contribution in [-0.2, 0) is 0 Å². The quantitative estimate of drug-likeness (QED) is 0.637. The zero-order chi connectivity index (χ0) is 11.6. The van der Waals surface area contributed by atoms with E-state index in [-0.39, 0.29) is 29.5 Å². The van der Waals surface area contributed by atoms with Gasteiger partial charge in [-0.3, -0.25) is 5.41 Å². The van der Waals surface area contributed by atoms with Crippen LogP contribution in [0.15, 0.2) is 12.1 Å². The van der Waals surface area contributed by atoms with Crippen molar-refractivity contribution in [2.24, 2.45) is 5.73 Å². The molecule has 1 aromatic heterocycles. The van der Waals surface area contributed by atoms with Gasteiger partial charge in [0.15, 0.2) is 0 Å². The Morgan fingerprint density at radius 2 is 2.00 bits per heavy atom. The standard InChI is InChI=1S/C10H14ClN3O.ClH/c1-10(2,3)15-7-5-4-6(11)8(14-7)9(12)13;/h4-5H,1-3H3,(H3,12,13);1H. The molecule has 16 heavy (non-hydrogen) atoms. The van der Waals surface area contributed by atoms with Crippen LogP contribution in [0.1, 0.15) is 26.5 Å². The number of rotatable bonds is 2. The van der Waals surface area contributed by atoms with Crippen molar-refractivity contribution in [3.8, 4) is 5.88 Å². The average Bonchev–Trinajstić information content (AvgIpc) is 2.05. The first-order valence-electron chi connectivity index (χ1n) is 4.49. The lowest BCUT2D eigenvalue weighted by Gasteiger charge is -2.20. The van der Waals surface area contributed by atoms with Gasteiger partial charge >= 0.3 is 0 Å². The number of hydrogen-bond donors (Lipinski definition) is 2. The maximum atomic E-state index is 7.28. The van der Waals surface area contributed by atoms with E-state index in [4.69, 9.17) is 27.5 Å². The van der Waals surface area contributed by atoms with Gasteiger partial charge in [-0.05, 0) is 26.8 Å². The molecule has 0 unspecified atom stereocenters. The number of nitrogens with two attached hydrogens (primary N) is 1. The van der Waals surface area contributed by atoms with Crippen LogP contribution in [0.2, 0.25) is 5.02 Å². The summed E-state index contributed by atoms with van der Waals surface area (Å²) in [5.41, 5.74) is 5.24. The summed E-state index contributed by atoms with van der Waals surface area (Å²) in [6, 6.07) is 3.27. The molecule has 1 heterocycles. The molecule has 0 aliphatic carbocycles. The molecule has 3 N–H and O–H groups in total. The Labute approximate surface area is 106 Å². The van der Waals surface area contributed by atoms with Gasteiger partial charge in [0, 0.05) is 6.07 Å². The summed E-state index contributed by atoms with van der Waals surface area (Å²) in [5, 5.41) is 7.63. The summed E-state index contributed by atoms with van der Waals surface area (Å²) in [7, 11) is 0. The largest absolute Gasteiger partial charge is 0.472 e. The van der Waals surface area contributed by atoms with Crippen molar-refractivity contribution in [3.63, 3.8) is 0 Å². The van der Waals surface area contributed by atoms with Gasteiger partial charge in [-0.1, -0.05) is 11.6 Å². The number of pyridine rings is 1. The Morgan fingerprint density at radius 3 is 2.44 bits per heavy atom. The van der Waals surface area contributed by atoms with Crippen LogP contribution in [0.25, 0.3) is 0 Å². The molecule has 0 radical (unpaired) electrons. The van der Waals surface area contributed by atoms with Crippen molar-refractivity contribution < 1.29 is 4.74 Å². The predicted molar refractivity (Wildman–Crippen MR) is 67.9 cm³/mol. The third-order valence-electron chi connectivity index (χ3n) is 1.49. The number of amidine groups is 1. The monoisotopic (exact) mass is 263 g/mol. The topological polar surface area (TPSA) is 72.0 Å². The fourth-order valence-electron chi connectivity index (χ4n) is 0.984. The second-order valence-electron chi connectivity index (χ2n) is 4.11. The summed E-state index contributed by atoms with van der Waals surface area (Å²) in [4.78, 5) is 4.05. The zero-order valence-corrected chi connectivity index (χ0v) is 10.9. The highest BCUT2D eigenvalue weighted by Crippen LogP contribution is 2.20. The van der Waals surface area contributed by atoms with Crippen LogP contribution >= 0.6 is 24.0 Å². The van der Waals surface area contributed by atoms with E-state index in [1.165, 1.54) is 0 Å². The maximum absolute atomic E-state index is 7.28. The first kappa shape index (κ1) is 15.0. The van der Waals surface area contributed by atoms with Crippen molar-refractivity contribution in [2.45, 2.75) is 26.4 Å². The second-order valence-corrected chi connectivity index (χ2v) is 4.52. The van der Waals surface area contributed by atoms with Gasteiger partial charge in [0.2, 0.25) is 5.88 Å². The van der Waals surface area contributed by atoms with Gasteiger partial charge in [-0.25, -0.2) is 4.98 Å². The van der Waals surface area contributed by atoms with Gasteiger partial charge < -0.3 is 10.5 Å². The van der Waals surface area contributed by atoms with Gasteiger partial charge in [-0.15, -0.1) is 12.4 Å². The molecule has 0 bridgehead atoms. The summed E-state index contributed by atoms with van der Waals surface area (Å²) < 4.78 is 5.53. The fourth-order valence-corrected chi connectivity index (χ4v) is 1.19. The molecule has 6 heteroatoms. The van der Waals surface area contributed by atoms with Crippen LogP contribution in [-0.4, -0.2) is 16.4 Å². The van der Waals surface area contributed by atoms with E-state index in [0.29, 0.717) is 10.9 Å². The van der Waals surface area contributed by atoms with Crippen LogP contribution in [0, 0.1) is 5.41 Å². The predicted octanol–water partition coefficient (Wildman–Crippen LogP) is 2.62. The van der Waals surface area contributed by atoms with Gasteiger partial charge in [-0.2, -0.15) is 0 Å². The van der Waals surface area contributed by atoms with E-state index in [0.717, 1.165) is 0 Å². The van der Waals surface area contributed by atoms with E-state index in [2.05, 4.69) is 4.98 Å². The molecule has 0 saturated heterocycles. The molecule has 0 aromatic carbocycles. The van der Waals surface area contributed by atoms with Crippen molar-refractivity contribution in [1.29, 1.82) is 5.41 Å². The molecule has 1 aromatic rings. The summed E-state index contributed by atoms with van der Waals surface area (Å²) in [5.74, 6) is 0.247. The summed E-state index contributed by atoms with van der Waals surface area (Å²) >= 11 is 5.82. The molecular weight excluding hydrogens is 249 g/mol. The Kier molecular flexibility index (Phi) is 5.03. The lowest BCUT2D eigenvalue weighted by atomic mass is 10.2. The minimum atomic E-state index is -0.338. The summed E-state index contributed by atoms with van der Waals surface area (Å²) in [6.45, 7) is 5.74. The van der Waals surface area contributed by atoms with E-state index < -0.39 is 0 Å². The molecule has 0 amide bonds. The minimum Gasteiger partial charge on any atom is -0.472 e. The van der Waals surface area contributed by atoms with Crippen molar-refractivity contribution in [3.05, 3.63) is 22.8 Å². The number of aromatic nitrogens is 1. The van der Waals surface area contributed by atoms with Gasteiger partial charge in [0.25, 0.3) is 0 Å². The Hall–Kier alpha value is -1.00. The van der Waals surface area contributed by atoms with Crippen molar-refractivity contribution >= 4 is 29.8 Å². The summed E-state index contributed by atoms with van der Waals surface area (Å²) in [6.07, 6.45) is 0. The van der Waals surface area contributed by atoms with Crippen molar-refractivity contribution in [2.75, 3.05) is 0 Å². The molecule has 0 aliphatic heterocycles. The number of nitrogens with one attached hydrogen (secondary N) is 1. The molecule has 0 fully saturated rings. The van der Waals surface area contributed by atoms with E-state index in [9.17, 15) is 0 Å². The van der Waals surface area contributed by atoms with Gasteiger partial charge in [0.05, 0.1) is 5.02 Å². The lowest BCUT2D eigenvalue weighted by molar-refractivity contribution is 0.124. The molecule has 0 saturated carbocycles. The third kappa shape index (κ3) is 4.24. The molecule has 4 nitrogen and oxygen atoms in total. The first-order valence-corrected chi connectivity index (χ1v) is 4.87. The van der Waals surface area contributed by atoms with Crippen LogP contribution in [0.3, 0.4) is 0 Å². The molecule has 1 rings (SSSR count). The average molecular weight is 264 g/mol. The molecule has 0 atom stereocenters. The van der Waals surface area contributed by atoms with E-state index >= 15 is 0 Å². The highest BCUT2D eigenvalue weighted by atomic mass is 35.5. The minimum absolute atomic E-state index is 0. The normalized spacial score (nSPS) is 10.5. The van der Waals surface area contributed by atoms with E-state index in [1.807, 2.05) is 20.8 Å². The van der Waals surface area contributed by atoms with Crippen LogP contribution < -0.4 is 10.5 Å². The molecule has 0 aliphatic rings. The lowest BCUT2D eigenvalue weighted by Crippen LogP contribution is -2.24. The van der Waals surface area contributed by atoms with E-state index in [1.54, 1.807) is 12.1 Å². The number of nitrogens with zero attached hydrogens (tertiary/aromatic N) is 1. The SMILES string of the molecule is CC(C)(C)Oc1ccc(Cl)c(C(=N)N)n1.Cl. The third-order valence-corrected chi connectivity index (χ3v) is 1.79. The maximum Gasteiger partial charge on any atom is 0.214 e. The zero-order valence-electron chi connectivity index (χ0n) is 9.37. The molecular formula is C10H15Cl2N3O. The number of hydrogen-bond acceptors (Lipinski definition) is 3. The Bertz CT molecular complexity index is 388. The van der Waals surface area contributed by atoms with Crippen LogP contribution in [0.4, 0.5) is 0 Å². The fraction of sp³-hybridized carbons (Fsp3) is 0.400. The van der Waals surface area contributed by atoms with Crippen molar-refractivity contribution in [1.82, 2.24) is 4.98 Å². The highest BCUT2D eigenvalue weighted by molar-refractivity contribution is 6.33.